The Morgan fingerprint density at radius 1 is 1.36 bits per heavy atom. The van der Waals surface area contributed by atoms with Crippen LogP contribution in [0, 0.1) is 0 Å². The summed E-state index contributed by atoms with van der Waals surface area (Å²) in [5.41, 5.74) is -0.316. The minimum atomic E-state index is -1.03. The van der Waals surface area contributed by atoms with Crippen LogP contribution in [0.5, 0.6) is 0 Å². The maximum atomic E-state index is 11.9. The second kappa shape index (κ2) is 8.48. The number of carbonyl (C=O) groups is 2. The molecule has 3 atom stereocenters. The molecule has 0 aromatic rings. The Balaban J connectivity index is 2.29. The van der Waals surface area contributed by atoms with Crippen LogP contribution >= 0.6 is 0 Å². The summed E-state index contributed by atoms with van der Waals surface area (Å²) in [5, 5.41) is 11.7. The fraction of sp³-hybridized carbons (Fsp3) is 0.875. The Kier molecular flexibility index (Phi) is 7.29. The van der Waals surface area contributed by atoms with Gasteiger partial charge in [-0.05, 0) is 47.0 Å². The van der Waals surface area contributed by atoms with Crippen molar-refractivity contribution in [2.45, 2.75) is 83.6 Å². The summed E-state index contributed by atoms with van der Waals surface area (Å²) >= 11 is 0. The highest BCUT2D eigenvalue weighted by molar-refractivity contribution is 5.83. The second-order valence-corrected chi connectivity index (χ2v) is 6.89. The van der Waals surface area contributed by atoms with E-state index in [9.17, 15) is 14.7 Å². The number of rotatable bonds is 8. The molecule has 1 saturated heterocycles. The molecule has 0 aliphatic carbocycles. The summed E-state index contributed by atoms with van der Waals surface area (Å²) < 4.78 is 11.2. The number of carbonyl (C=O) groups excluding carboxylic acids is 1. The normalized spacial score (nSPS) is 23.3. The predicted molar refractivity (Wildman–Crippen MR) is 82.7 cm³/mol. The van der Waals surface area contributed by atoms with Crippen molar-refractivity contribution >= 4 is 11.9 Å². The Bertz CT molecular complexity index is 377. The lowest BCUT2D eigenvalue weighted by Gasteiger charge is -2.21. The lowest BCUT2D eigenvalue weighted by molar-refractivity contribution is -0.142. The average molecular weight is 315 g/mol. The van der Waals surface area contributed by atoms with Crippen molar-refractivity contribution in [3.63, 3.8) is 0 Å². The first-order chi connectivity index (χ1) is 10.2. The van der Waals surface area contributed by atoms with E-state index in [2.05, 4.69) is 5.32 Å². The average Bonchev–Trinajstić information content (AvgIpc) is 2.79. The van der Waals surface area contributed by atoms with E-state index in [4.69, 9.17) is 9.47 Å². The van der Waals surface area contributed by atoms with Crippen molar-refractivity contribution in [1.82, 2.24) is 5.32 Å². The molecule has 6 heteroatoms. The molecule has 1 heterocycles. The van der Waals surface area contributed by atoms with Crippen LogP contribution in [0.3, 0.4) is 0 Å². The molecule has 1 aliphatic rings. The van der Waals surface area contributed by atoms with Gasteiger partial charge in [0.2, 0.25) is 5.91 Å². The van der Waals surface area contributed by atoms with Crippen molar-refractivity contribution in [3.8, 4) is 0 Å². The number of ether oxygens (including phenoxy) is 2. The van der Waals surface area contributed by atoms with Gasteiger partial charge in [-0.25, -0.2) is 4.79 Å². The van der Waals surface area contributed by atoms with Gasteiger partial charge in [-0.15, -0.1) is 0 Å². The summed E-state index contributed by atoms with van der Waals surface area (Å²) in [5.74, 6) is -1.28. The fourth-order valence-corrected chi connectivity index (χ4v) is 2.40. The molecule has 3 unspecified atom stereocenters. The second-order valence-electron chi connectivity index (χ2n) is 6.89. The third kappa shape index (κ3) is 7.75. The Hall–Kier alpha value is -1.14. The van der Waals surface area contributed by atoms with Crippen LogP contribution in [0.2, 0.25) is 0 Å². The number of nitrogens with one attached hydrogen (secondary N) is 1. The zero-order valence-electron chi connectivity index (χ0n) is 14.1. The molecular weight excluding hydrogens is 286 g/mol. The molecule has 0 spiro atoms. The topological polar surface area (TPSA) is 84.9 Å². The molecule has 2 N–H and O–H groups in total. The highest BCUT2D eigenvalue weighted by atomic mass is 16.5. The quantitative estimate of drug-likeness (QED) is 0.716. The molecule has 6 nitrogen and oxygen atoms in total. The molecule has 0 aromatic carbocycles. The van der Waals surface area contributed by atoms with Gasteiger partial charge < -0.3 is 19.9 Å². The van der Waals surface area contributed by atoms with Crippen molar-refractivity contribution in [2.24, 2.45) is 0 Å². The van der Waals surface area contributed by atoms with E-state index >= 15 is 0 Å². The van der Waals surface area contributed by atoms with Gasteiger partial charge in [-0.2, -0.15) is 0 Å². The summed E-state index contributed by atoms with van der Waals surface area (Å²) in [6.07, 6.45) is 3.56. The van der Waals surface area contributed by atoms with Crippen LogP contribution in [0.25, 0.3) is 0 Å². The monoisotopic (exact) mass is 315 g/mol. The zero-order valence-corrected chi connectivity index (χ0v) is 14.1. The first-order valence-electron chi connectivity index (χ1n) is 7.99. The third-order valence-electron chi connectivity index (χ3n) is 3.59. The van der Waals surface area contributed by atoms with E-state index in [0.29, 0.717) is 19.4 Å². The lowest BCUT2D eigenvalue weighted by atomic mass is 10.1. The minimum Gasteiger partial charge on any atom is -0.480 e. The highest BCUT2D eigenvalue weighted by Crippen LogP contribution is 2.22. The van der Waals surface area contributed by atoms with Gasteiger partial charge in [-0.1, -0.05) is 0 Å². The van der Waals surface area contributed by atoms with Gasteiger partial charge in [0.05, 0.1) is 17.8 Å². The largest absolute Gasteiger partial charge is 0.480 e. The number of aliphatic carboxylic acids is 1. The summed E-state index contributed by atoms with van der Waals surface area (Å²) in [7, 11) is 0. The first kappa shape index (κ1) is 18.9. The van der Waals surface area contributed by atoms with E-state index in [0.717, 1.165) is 12.8 Å². The van der Waals surface area contributed by atoms with E-state index in [1.165, 1.54) is 0 Å². The summed E-state index contributed by atoms with van der Waals surface area (Å²) in [4.78, 5) is 23.1. The number of hydrogen-bond donors (Lipinski definition) is 2. The Morgan fingerprint density at radius 3 is 2.55 bits per heavy atom. The van der Waals surface area contributed by atoms with Gasteiger partial charge in [0.25, 0.3) is 0 Å². The summed E-state index contributed by atoms with van der Waals surface area (Å²) in [6, 6.07) is -0.904. The standard InChI is InChI=1S/C16H29NO5/c1-11-5-6-12(22-11)7-8-14(18)17-13(15(19)20)9-10-21-16(2,3)4/h11-13H,5-10H2,1-4H3,(H,17,18)(H,19,20). The van der Waals surface area contributed by atoms with Crippen LogP contribution < -0.4 is 5.32 Å². The maximum Gasteiger partial charge on any atom is 0.326 e. The van der Waals surface area contributed by atoms with E-state index in [1.54, 1.807) is 0 Å². The van der Waals surface area contributed by atoms with Gasteiger partial charge in [0, 0.05) is 19.4 Å². The van der Waals surface area contributed by atoms with Crippen molar-refractivity contribution in [3.05, 3.63) is 0 Å². The van der Waals surface area contributed by atoms with Crippen LogP contribution in [0.1, 0.15) is 59.8 Å². The van der Waals surface area contributed by atoms with Crippen molar-refractivity contribution < 1.29 is 24.2 Å². The van der Waals surface area contributed by atoms with Crippen LogP contribution in [0.15, 0.2) is 0 Å². The molecular formula is C16H29NO5. The SMILES string of the molecule is CC1CCC(CCC(=O)NC(CCOC(C)(C)C)C(=O)O)O1. The van der Waals surface area contributed by atoms with Crippen molar-refractivity contribution in [1.29, 1.82) is 0 Å². The molecule has 0 saturated carbocycles. The van der Waals surface area contributed by atoms with Crippen molar-refractivity contribution in [2.75, 3.05) is 6.61 Å². The molecule has 1 rings (SSSR count). The van der Waals surface area contributed by atoms with Gasteiger partial charge in [-0.3, -0.25) is 4.79 Å². The van der Waals surface area contributed by atoms with Crippen LogP contribution in [-0.2, 0) is 19.1 Å². The molecule has 1 aliphatic heterocycles. The van der Waals surface area contributed by atoms with Crippen LogP contribution in [-0.4, -0.2) is 47.4 Å². The molecule has 1 amide bonds. The molecule has 0 bridgehead atoms. The lowest BCUT2D eigenvalue weighted by Crippen LogP contribution is -2.42. The maximum absolute atomic E-state index is 11.9. The van der Waals surface area contributed by atoms with Gasteiger partial charge in [0.15, 0.2) is 0 Å². The number of carboxylic acid groups (broad SMARTS) is 1. The highest BCUT2D eigenvalue weighted by Gasteiger charge is 2.24. The van der Waals surface area contributed by atoms with Gasteiger partial charge in [0.1, 0.15) is 6.04 Å². The zero-order chi connectivity index (χ0) is 16.8. The van der Waals surface area contributed by atoms with E-state index < -0.39 is 12.0 Å². The molecule has 0 radical (unpaired) electrons. The Morgan fingerprint density at radius 2 is 2.05 bits per heavy atom. The first-order valence-corrected chi connectivity index (χ1v) is 7.99. The molecule has 128 valence electrons. The Labute approximate surface area is 132 Å². The molecule has 1 fully saturated rings. The fourth-order valence-electron chi connectivity index (χ4n) is 2.40. The molecule has 22 heavy (non-hydrogen) atoms. The van der Waals surface area contributed by atoms with E-state index in [-0.39, 0.29) is 30.1 Å². The van der Waals surface area contributed by atoms with E-state index in [1.807, 2.05) is 27.7 Å². The molecule has 0 aromatic heterocycles. The summed E-state index contributed by atoms with van der Waals surface area (Å²) in [6.45, 7) is 8.04. The number of amides is 1. The third-order valence-corrected chi connectivity index (χ3v) is 3.59. The van der Waals surface area contributed by atoms with Crippen LogP contribution in [0.4, 0.5) is 0 Å². The predicted octanol–water partition coefficient (Wildman–Crippen LogP) is 2.11. The minimum absolute atomic E-state index is 0.119. The number of hydrogen-bond acceptors (Lipinski definition) is 4. The van der Waals surface area contributed by atoms with Gasteiger partial charge >= 0.3 is 5.97 Å². The smallest absolute Gasteiger partial charge is 0.326 e. The number of carboxylic acids is 1.